The molecule has 0 atom stereocenters. The first-order valence-corrected chi connectivity index (χ1v) is 12.6. The number of anilines is 1. The highest BCUT2D eigenvalue weighted by molar-refractivity contribution is 7.90. The van der Waals surface area contributed by atoms with Gasteiger partial charge in [0, 0.05) is 42.1 Å². The maximum absolute atomic E-state index is 13.2. The van der Waals surface area contributed by atoms with E-state index in [-0.39, 0.29) is 23.3 Å². The summed E-state index contributed by atoms with van der Waals surface area (Å²) in [4.78, 5) is 18.4. The summed E-state index contributed by atoms with van der Waals surface area (Å²) < 4.78 is 36.0. The third-order valence-electron chi connectivity index (χ3n) is 4.68. The van der Waals surface area contributed by atoms with Gasteiger partial charge in [-0.2, -0.15) is 8.42 Å². The Hall–Kier alpha value is -3.43. The van der Waals surface area contributed by atoms with Crippen LogP contribution in [-0.2, 0) is 21.2 Å². The summed E-state index contributed by atoms with van der Waals surface area (Å²) in [6.07, 6.45) is 2.65. The Bertz CT molecular complexity index is 1340. The molecule has 0 saturated carbocycles. The standard InChI is InChI=1S/C25H27ClN4O4S/c1-17(2)34-25-21(9-7-13-27-25)20-12-11-19(15-23(20)35(32,33)28-16-30(3)4)29-24(31)14-18-8-5-6-10-22(18)26/h5-13,15-17H,14H2,1-4H3,(H,29,31). The molecule has 0 aliphatic heterocycles. The van der Waals surface area contributed by atoms with Gasteiger partial charge < -0.3 is 15.0 Å². The number of pyridine rings is 1. The molecule has 8 nitrogen and oxygen atoms in total. The van der Waals surface area contributed by atoms with Gasteiger partial charge in [0.1, 0.15) is 6.34 Å². The number of nitrogens with one attached hydrogen (secondary N) is 1. The van der Waals surface area contributed by atoms with Crippen LogP contribution in [-0.4, -0.2) is 50.7 Å². The molecule has 0 aliphatic carbocycles. The van der Waals surface area contributed by atoms with Crippen LogP contribution in [0.3, 0.4) is 0 Å². The average Bonchev–Trinajstić information content (AvgIpc) is 2.79. The first-order valence-electron chi connectivity index (χ1n) is 10.8. The minimum atomic E-state index is -4.13. The monoisotopic (exact) mass is 514 g/mol. The number of carbonyl (C=O) groups is 1. The molecule has 184 valence electrons. The summed E-state index contributed by atoms with van der Waals surface area (Å²) in [5.74, 6) is -0.0396. The summed E-state index contributed by atoms with van der Waals surface area (Å²) in [6.45, 7) is 3.71. The van der Waals surface area contributed by atoms with E-state index in [0.29, 0.717) is 33.3 Å². The number of hydrogen-bond donors (Lipinski definition) is 1. The Balaban J connectivity index is 2.04. The number of halogens is 1. The highest BCUT2D eigenvalue weighted by Crippen LogP contribution is 2.36. The molecule has 0 spiro atoms. The molecular weight excluding hydrogens is 488 g/mol. The largest absolute Gasteiger partial charge is 0.475 e. The zero-order valence-electron chi connectivity index (χ0n) is 19.9. The van der Waals surface area contributed by atoms with Crippen molar-refractivity contribution in [1.82, 2.24) is 9.88 Å². The third-order valence-corrected chi connectivity index (χ3v) is 6.31. The lowest BCUT2D eigenvalue weighted by atomic mass is 10.1. The van der Waals surface area contributed by atoms with Crippen LogP contribution in [0.15, 0.2) is 70.1 Å². The summed E-state index contributed by atoms with van der Waals surface area (Å²) in [7, 11) is -0.796. The number of sulfonamides is 1. The molecule has 0 bridgehead atoms. The van der Waals surface area contributed by atoms with Crippen LogP contribution in [0.25, 0.3) is 11.1 Å². The van der Waals surface area contributed by atoms with Crippen molar-refractivity contribution in [3.05, 3.63) is 71.4 Å². The summed E-state index contributed by atoms with van der Waals surface area (Å²) in [5, 5.41) is 3.23. The summed E-state index contributed by atoms with van der Waals surface area (Å²) in [5.41, 5.74) is 1.82. The van der Waals surface area contributed by atoms with E-state index in [4.69, 9.17) is 16.3 Å². The number of hydrogen-bond acceptors (Lipinski definition) is 5. The Morgan fingerprint density at radius 2 is 1.89 bits per heavy atom. The number of amides is 1. The SMILES string of the molecule is CC(C)Oc1ncccc1-c1ccc(NC(=O)Cc2ccccc2Cl)cc1S(=O)(=O)N=CN(C)C. The molecule has 3 rings (SSSR count). The lowest BCUT2D eigenvalue weighted by Crippen LogP contribution is -2.15. The molecule has 1 aromatic heterocycles. The Kier molecular flexibility index (Phi) is 8.48. The Morgan fingerprint density at radius 3 is 2.57 bits per heavy atom. The zero-order valence-corrected chi connectivity index (χ0v) is 21.5. The van der Waals surface area contributed by atoms with E-state index >= 15 is 0 Å². The molecule has 1 heterocycles. The van der Waals surface area contributed by atoms with Crippen LogP contribution in [0.5, 0.6) is 5.88 Å². The van der Waals surface area contributed by atoms with Gasteiger partial charge in [-0.25, -0.2) is 4.98 Å². The Morgan fingerprint density at radius 1 is 1.14 bits per heavy atom. The first kappa shape index (κ1) is 26.2. The highest BCUT2D eigenvalue weighted by Gasteiger charge is 2.23. The minimum Gasteiger partial charge on any atom is -0.475 e. The van der Waals surface area contributed by atoms with Gasteiger partial charge in [-0.15, -0.1) is 4.40 Å². The molecule has 0 saturated heterocycles. The highest BCUT2D eigenvalue weighted by atomic mass is 35.5. The maximum Gasteiger partial charge on any atom is 0.284 e. The second kappa shape index (κ2) is 11.3. The average molecular weight is 515 g/mol. The van der Waals surface area contributed by atoms with Crippen LogP contribution in [0, 0.1) is 0 Å². The van der Waals surface area contributed by atoms with Crippen molar-refractivity contribution in [3.63, 3.8) is 0 Å². The van der Waals surface area contributed by atoms with Gasteiger partial charge >= 0.3 is 0 Å². The van der Waals surface area contributed by atoms with Gasteiger partial charge in [0.15, 0.2) is 0 Å². The lowest BCUT2D eigenvalue weighted by molar-refractivity contribution is -0.115. The number of carbonyl (C=O) groups excluding carboxylic acids is 1. The first-order chi connectivity index (χ1) is 16.6. The van der Waals surface area contributed by atoms with Gasteiger partial charge in [0.05, 0.1) is 17.4 Å². The zero-order chi connectivity index (χ0) is 25.6. The molecule has 3 aromatic rings. The topological polar surface area (TPSA) is 101 Å². The van der Waals surface area contributed by atoms with Crippen molar-refractivity contribution >= 4 is 39.6 Å². The predicted octanol–water partition coefficient (Wildman–Crippen LogP) is 4.65. The molecular formula is C25H27ClN4O4S. The summed E-state index contributed by atoms with van der Waals surface area (Å²) in [6, 6.07) is 15.1. The molecule has 0 unspecified atom stereocenters. The van der Waals surface area contributed by atoms with E-state index in [9.17, 15) is 13.2 Å². The number of benzene rings is 2. The quantitative estimate of drug-likeness (QED) is 0.329. The van der Waals surface area contributed by atoms with Crippen molar-refractivity contribution in [3.8, 4) is 17.0 Å². The lowest BCUT2D eigenvalue weighted by Gasteiger charge is -2.16. The molecule has 10 heteroatoms. The number of aromatic nitrogens is 1. The summed E-state index contributed by atoms with van der Waals surface area (Å²) >= 11 is 6.16. The molecule has 1 N–H and O–H groups in total. The maximum atomic E-state index is 13.2. The van der Waals surface area contributed by atoms with E-state index < -0.39 is 10.0 Å². The fraction of sp³-hybridized carbons (Fsp3) is 0.240. The number of ether oxygens (including phenoxy) is 1. The third kappa shape index (κ3) is 7.03. The fourth-order valence-electron chi connectivity index (χ4n) is 3.18. The van der Waals surface area contributed by atoms with E-state index in [1.165, 1.54) is 17.3 Å². The van der Waals surface area contributed by atoms with Gasteiger partial charge in [0.25, 0.3) is 10.0 Å². The van der Waals surface area contributed by atoms with Crippen molar-refractivity contribution in [2.24, 2.45) is 4.40 Å². The molecule has 0 radical (unpaired) electrons. The van der Waals surface area contributed by atoms with Gasteiger partial charge in [0.2, 0.25) is 11.8 Å². The molecule has 0 aliphatic rings. The normalized spacial score (nSPS) is 11.6. The van der Waals surface area contributed by atoms with Crippen LogP contribution in [0.1, 0.15) is 19.4 Å². The fourth-order valence-corrected chi connectivity index (χ4v) is 4.54. The van der Waals surface area contributed by atoms with E-state index in [2.05, 4.69) is 14.7 Å². The molecule has 1 amide bonds. The van der Waals surface area contributed by atoms with Gasteiger partial charge in [-0.05, 0) is 49.7 Å². The predicted molar refractivity (Wildman–Crippen MR) is 139 cm³/mol. The van der Waals surface area contributed by atoms with E-state index in [0.717, 1.165) is 0 Å². The minimum absolute atomic E-state index is 0.0390. The molecule has 2 aromatic carbocycles. The van der Waals surface area contributed by atoms with Crippen LogP contribution >= 0.6 is 11.6 Å². The van der Waals surface area contributed by atoms with Crippen LogP contribution in [0.4, 0.5) is 5.69 Å². The second-order valence-electron chi connectivity index (χ2n) is 8.21. The van der Waals surface area contributed by atoms with Crippen molar-refractivity contribution in [1.29, 1.82) is 0 Å². The molecule has 35 heavy (non-hydrogen) atoms. The van der Waals surface area contributed by atoms with Crippen molar-refractivity contribution < 1.29 is 17.9 Å². The van der Waals surface area contributed by atoms with Crippen LogP contribution < -0.4 is 10.1 Å². The van der Waals surface area contributed by atoms with Crippen molar-refractivity contribution in [2.45, 2.75) is 31.3 Å². The van der Waals surface area contributed by atoms with E-state index in [1.807, 2.05) is 13.8 Å². The Labute approximate surface area is 210 Å². The van der Waals surface area contributed by atoms with Crippen LogP contribution in [0.2, 0.25) is 5.02 Å². The smallest absolute Gasteiger partial charge is 0.284 e. The van der Waals surface area contributed by atoms with Gasteiger partial charge in [-0.3, -0.25) is 4.79 Å². The number of rotatable bonds is 9. The second-order valence-corrected chi connectivity index (χ2v) is 10.2. The molecule has 0 fully saturated rings. The van der Waals surface area contributed by atoms with E-state index in [1.54, 1.807) is 68.8 Å². The van der Waals surface area contributed by atoms with Crippen molar-refractivity contribution in [2.75, 3.05) is 19.4 Å². The van der Waals surface area contributed by atoms with Gasteiger partial charge in [-0.1, -0.05) is 35.9 Å². The number of nitrogens with zero attached hydrogens (tertiary/aromatic N) is 3.